The second-order valence-electron chi connectivity index (χ2n) is 11.3. The van der Waals surface area contributed by atoms with Gasteiger partial charge in [0.2, 0.25) is 17.7 Å². The Morgan fingerprint density at radius 2 is 1.58 bits per heavy atom. The van der Waals surface area contributed by atoms with Gasteiger partial charge in [-0.25, -0.2) is 9.59 Å². The number of unbranched alkanes of at least 4 members (excludes halogenated alkanes) is 1. The first-order valence-electron chi connectivity index (χ1n) is 15.7. The van der Waals surface area contributed by atoms with E-state index < -0.39 is 47.6 Å². The summed E-state index contributed by atoms with van der Waals surface area (Å²) in [5.74, 6) is -2.02. The van der Waals surface area contributed by atoms with Crippen molar-refractivity contribution in [2.75, 3.05) is 18.4 Å². The first-order chi connectivity index (χ1) is 23.0. The summed E-state index contributed by atoms with van der Waals surface area (Å²) in [5.41, 5.74) is 12.6. The zero-order chi connectivity index (χ0) is 35.1. The van der Waals surface area contributed by atoms with E-state index in [-0.39, 0.29) is 32.0 Å². The molecule has 0 aliphatic heterocycles. The molecule has 2 aromatic carbocycles. The van der Waals surface area contributed by atoms with Gasteiger partial charge in [0, 0.05) is 29.8 Å². The lowest BCUT2D eigenvalue weighted by molar-refractivity contribution is -0.131. The minimum atomic E-state index is -1.05. The lowest BCUT2D eigenvalue weighted by Gasteiger charge is -2.24. The van der Waals surface area contributed by atoms with Crippen LogP contribution in [0.5, 0.6) is 0 Å². The van der Waals surface area contributed by atoms with Crippen molar-refractivity contribution in [3.05, 3.63) is 76.1 Å². The summed E-state index contributed by atoms with van der Waals surface area (Å²) in [6, 6.07) is 12.2. The molecule has 1 aromatic heterocycles. The Kier molecular flexibility index (Phi) is 14.4. The third-order valence-electron chi connectivity index (χ3n) is 7.36. The summed E-state index contributed by atoms with van der Waals surface area (Å²) in [6.07, 6.45) is 1.05. The number of aryl methyl sites for hydroxylation is 1. The van der Waals surface area contributed by atoms with Gasteiger partial charge in [-0.05, 0) is 75.8 Å². The van der Waals surface area contributed by atoms with E-state index in [9.17, 15) is 24.0 Å². The fourth-order valence-corrected chi connectivity index (χ4v) is 4.77. The van der Waals surface area contributed by atoms with Gasteiger partial charge in [-0.3, -0.25) is 19.8 Å². The van der Waals surface area contributed by atoms with Crippen LogP contribution in [0.1, 0.15) is 50.2 Å². The summed E-state index contributed by atoms with van der Waals surface area (Å²) in [4.78, 5) is 64.3. The molecule has 3 atom stereocenters. The maximum Gasteiger partial charge on any atom is 0.408 e. The number of nitrogens with one attached hydrogen (secondary N) is 6. The maximum absolute atomic E-state index is 13.6. The van der Waals surface area contributed by atoms with Gasteiger partial charge in [-0.1, -0.05) is 30.3 Å². The number of alkyl carbamates (subject to hydrolysis) is 1. The average Bonchev–Trinajstić information content (AvgIpc) is 3.04. The lowest BCUT2D eigenvalue weighted by atomic mass is 10.1. The van der Waals surface area contributed by atoms with E-state index in [2.05, 4.69) is 26.6 Å². The minimum Gasteiger partial charge on any atom is -0.445 e. The fourth-order valence-electron chi connectivity index (χ4n) is 4.77. The van der Waals surface area contributed by atoms with Gasteiger partial charge in [-0.15, -0.1) is 0 Å². The Bertz CT molecular complexity index is 1630. The maximum atomic E-state index is 13.6. The SMILES string of the molecule is Cc1cc(=O)oc2cc(NC(=O)[C@H](CCCNC(=N)N)NC(=O)[C@H](CCCCN)NC(=O)[C@H](C)NC(=O)OCc3ccccc3)ccc12. The second-order valence-corrected chi connectivity index (χ2v) is 11.3. The highest BCUT2D eigenvalue weighted by molar-refractivity contribution is 6.00. The van der Waals surface area contributed by atoms with Crippen LogP contribution >= 0.6 is 0 Å². The number of amides is 4. The topological polar surface area (TPSA) is 244 Å². The van der Waals surface area contributed by atoms with Gasteiger partial charge in [0.25, 0.3) is 0 Å². The summed E-state index contributed by atoms with van der Waals surface area (Å²) >= 11 is 0. The van der Waals surface area contributed by atoms with Crippen LogP contribution in [0.4, 0.5) is 10.5 Å². The van der Waals surface area contributed by atoms with Crippen LogP contribution in [0.2, 0.25) is 0 Å². The normalized spacial score (nSPS) is 12.6. The number of benzene rings is 2. The van der Waals surface area contributed by atoms with Crippen LogP contribution in [0.3, 0.4) is 0 Å². The molecule has 0 radical (unpaired) electrons. The van der Waals surface area contributed by atoms with Gasteiger partial charge in [-0.2, -0.15) is 0 Å². The molecule has 258 valence electrons. The first-order valence-corrected chi connectivity index (χ1v) is 15.7. The number of fused-ring (bicyclic) bond motifs is 1. The highest BCUT2D eigenvalue weighted by atomic mass is 16.5. The molecule has 0 fully saturated rings. The Labute approximate surface area is 278 Å². The molecule has 15 nitrogen and oxygen atoms in total. The summed E-state index contributed by atoms with van der Waals surface area (Å²) in [5, 5.41) is 21.4. The van der Waals surface area contributed by atoms with E-state index >= 15 is 0 Å². The summed E-state index contributed by atoms with van der Waals surface area (Å²) in [7, 11) is 0. The van der Waals surface area contributed by atoms with Crippen LogP contribution in [0.25, 0.3) is 11.0 Å². The molecule has 0 bridgehead atoms. The number of rotatable bonds is 17. The van der Waals surface area contributed by atoms with Crippen molar-refractivity contribution in [3.63, 3.8) is 0 Å². The van der Waals surface area contributed by atoms with Crippen LogP contribution in [0, 0.1) is 12.3 Å². The van der Waals surface area contributed by atoms with Crippen molar-refractivity contribution >= 4 is 46.4 Å². The number of carbonyl (C=O) groups is 4. The molecule has 0 aliphatic rings. The number of hydrogen-bond donors (Lipinski definition) is 8. The van der Waals surface area contributed by atoms with E-state index in [0.29, 0.717) is 42.5 Å². The molecule has 4 amide bonds. The average molecular weight is 665 g/mol. The van der Waals surface area contributed by atoms with E-state index in [4.69, 9.17) is 26.0 Å². The smallest absolute Gasteiger partial charge is 0.408 e. The third-order valence-corrected chi connectivity index (χ3v) is 7.36. The number of nitrogens with two attached hydrogens (primary N) is 2. The van der Waals surface area contributed by atoms with Crippen molar-refractivity contribution in [1.29, 1.82) is 5.41 Å². The fraction of sp³-hybridized carbons (Fsp3) is 0.394. The molecule has 0 saturated heterocycles. The van der Waals surface area contributed by atoms with Gasteiger partial charge in [0.1, 0.15) is 30.3 Å². The third kappa shape index (κ3) is 12.1. The number of carbonyl (C=O) groups excluding carboxylic acids is 4. The van der Waals surface area contributed by atoms with Crippen molar-refractivity contribution in [3.8, 4) is 0 Å². The summed E-state index contributed by atoms with van der Waals surface area (Å²) < 4.78 is 10.5. The van der Waals surface area contributed by atoms with E-state index in [1.165, 1.54) is 19.1 Å². The highest BCUT2D eigenvalue weighted by Gasteiger charge is 2.28. The number of ether oxygens (including phenoxy) is 1. The van der Waals surface area contributed by atoms with Crippen LogP contribution in [-0.2, 0) is 25.7 Å². The number of guanidine groups is 1. The van der Waals surface area contributed by atoms with Gasteiger partial charge in [0.05, 0.1) is 0 Å². The van der Waals surface area contributed by atoms with Crippen LogP contribution in [0.15, 0.2) is 63.8 Å². The molecule has 0 spiro atoms. The Hall–Kier alpha value is -5.44. The van der Waals surface area contributed by atoms with E-state index in [0.717, 1.165) is 11.1 Å². The molecule has 3 aromatic rings. The van der Waals surface area contributed by atoms with E-state index in [1.54, 1.807) is 31.2 Å². The number of anilines is 1. The van der Waals surface area contributed by atoms with Gasteiger partial charge >= 0.3 is 11.7 Å². The Morgan fingerprint density at radius 1 is 0.896 bits per heavy atom. The molecule has 15 heteroatoms. The molecular weight excluding hydrogens is 620 g/mol. The van der Waals surface area contributed by atoms with Gasteiger partial charge < -0.3 is 47.2 Å². The second kappa shape index (κ2) is 18.6. The van der Waals surface area contributed by atoms with Crippen LogP contribution < -0.4 is 43.7 Å². The van der Waals surface area contributed by atoms with Gasteiger partial charge in [0.15, 0.2) is 5.96 Å². The molecule has 3 rings (SSSR count). The largest absolute Gasteiger partial charge is 0.445 e. The predicted octanol–water partition coefficient (Wildman–Crippen LogP) is 1.72. The molecule has 48 heavy (non-hydrogen) atoms. The molecule has 0 aliphatic carbocycles. The zero-order valence-electron chi connectivity index (χ0n) is 27.1. The molecule has 0 unspecified atom stereocenters. The summed E-state index contributed by atoms with van der Waals surface area (Å²) in [6.45, 7) is 3.90. The molecule has 0 saturated carbocycles. The van der Waals surface area contributed by atoms with Crippen molar-refractivity contribution in [2.24, 2.45) is 11.5 Å². The van der Waals surface area contributed by atoms with Crippen molar-refractivity contribution in [1.82, 2.24) is 21.3 Å². The molecule has 1 heterocycles. The van der Waals surface area contributed by atoms with Crippen molar-refractivity contribution < 1.29 is 28.3 Å². The zero-order valence-corrected chi connectivity index (χ0v) is 27.1. The highest BCUT2D eigenvalue weighted by Crippen LogP contribution is 2.21. The minimum absolute atomic E-state index is 0.0177. The van der Waals surface area contributed by atoms with Crippen LogP contribution in [-0.4, -0.2) is 61.0 Å². The molecule has 10 N–H and O–H groups in total. The van der Waals surface area contributed by atoms with Crippen molar-refractivity contribution in [2.45, 2.75) is 70.7 Å². The lowest BCUT2D eigenvalue weighted by Crippen LogP contribution is -2.55. The number of hydrogen-bond acceptors (Lipinski definition) is 9. The predicted molar refractivity (Wildman–Crippen MR) is 181 cm³/mol. The monoisotopic (exact) mass is 664 g/mol. The van der Waals surface area contributed by atoms with E-state index in [1.807, 2.05) is 18.2 Å². The quantitative estimate of drug-likeness (QED) is 0.0449. The standard InChI is InChI=1S/C33H44N8O7/c1-20-17-28(42)48-27-18-23(13-14-24(20)27)39-30(44)26(12-8-16-37-32(35)36)41-31(45)25(11-6-7-15-34)40-29(43)21(2)38-33(46)47-19-22-9-4-3-5-10-22/h3-5,9-10,13-14,17-18,21,25-26H,6-8,11-12,15-16,19,34H2,1-2H3,(H,38,46)(H,39,44)(H,40,43)(H,41,45)(H4,35,36,37)/t21-,25-,26-/m0/s1. The Morgan fingerprint density at radius 3 is 2.29 bits per heavy atom. The first kappa shape index (κ1) is 37.0. The molecular formula is C33H44N8O7. The Balaban J connectivity index is 1.69.